The molecule has 1 N–H and O–H groups in total. The van der Waals surface area contributed by atoms with E-state index in [2.05, 4.69) is 0 Å². The van der Waals surface area contributed by atoms with Gasteiger partial charge in [-0.15, -0.1) is 0 Å². The molecule has 1 fully saturated rings. The number of rotatable bonds is 6. The Morgan fingerprint density at radius 1 is 1.43 bits per heavy atom. The molecular formula is C14H16F3NO3. The first-order valence-electron chi connectivity index (χ1n) is 6.51. The highest BCUT2D eigenvalue weighted by Crippen LogP contribution is 2.32. The lowest BCUT2D eigenvalue weighted by Crippen LogP contribution is -2.35. The maximum atomic E-state index is 12.6. The average molecular weight is 303 g/mol. The number of hydrogen-bond donors (Lipinski definition) is 1. The summed E-state index contributed by atoms with van der Waals surface area (Å²) in [6, 6.07) is 4.32. The predicted molar refractivity (Wildman–Crippen MR) is 69.4 cm³/mol. The summed E-state index contributed by atoms with van der Waals surface area (Å²) in [5, 5.41) is 8.98. The van der Waals surface area contributed by atoms with Crippen molar-refractivity contribution in [3.05, 3.63) is 29.3 Å². The number of ether oxygens (including phenoxy) is 1. The molecule has 0 aromatic heterocycles. The summed E-state index contributed by atoms with van der Waals surface area (Å²) in [4.78, 5) is 12.4. The Kier molecular flexibility index (Phi) is 4.41. The summed E-state index contributed by atoms with van der Waals surface area (Å²) in [5.41, 5.74) is 0.600. The lowest BCUT2D eigenvalue weighted by molar-refractivity contribution is -0.148. The number of carboxylic acids is 1. The Balaban J connectivity index is 2.15. The summed E-state index contributed by atoms with van der Waals surface area (Å²) in [5.74, 6) is -0.976. The summed E-state index contributed by atoms with van der Waals surface area (Å²) >= 11 is 0. The van der Waals surface area contributed by atoms with Crippen LogP contribution < -0.4 is 4.74 Å². The Hall–Kier alpha value is -1.76. The molecule has 7 heteroatoms. The molecule has 0 bridgehead atoms. The van der Waals surface area contributed by atoms with Crippen molar-refractivity contribution in [2.24, 2.45) is 0 Å². The van der Waals surface area contributed by atoms with Crippen LogP contribution in [0.5, 0.6) is 5.75 Å². The third kappa shape index (κ3) is 4.35. The van der Waals surface area contributed by atoms with E-state index in [4.69, 9.17) is 9.84 Å². The molecule has 1 aliphatic rings. The zero-order valence-corrected chi connectivity index (χ0v) is 11.5. The van der Waals surface area contributed by atoms with Crippen LogP contribution in [0.3, 0.4) is 0 Å². The van der Waals surface area contributed by atoms with Crippen LogP contribution in [0.2, 0.25) is 0 Å². The average Bonchev–Trinajstić information content (AvgIpc) is 3.20. The minimum atomic E-state index is -4.24. The van der Waals surface area contributed by atoms with E-state index in [0.29, 0.717) is 5.56 Å². The van der Waals surface area contributed by atoms with Crippen molar-refractivity contribution < 1.29 is 27.8 Å². The normalized spacial score (nSPS) is 15.3. The maximum Gasteiger partial charge on any atom is 0.401 e. The van der Waals surface area contributed by atoms with Crippen LogP contribution in [-0.4, -0.2) is 41.8 Å². The van der Waals surface area contributed by atoms with Crippen LogP contribution in [0.4, 0.5) is 13.2 Å². The molecule has 0 atom stereocenters. The van der Waals surface area contributed by atoms with E-state index in [0.717, 1.165) is 12.8 Å². The molecule has 1 aromatic carbocycles. The molecule has 2 rings (SSSR count). The van der Waals surface area contributed by atoms with Crippen LogP contribution in [0, 0.1) is 0 Å². The SMILES string of the molecule is COc1cc(CN(CC(F)(F)F)C2CC2)ccc1C(=O)O. The van der Waals surface area contributed by atoms with E-state index in [9.17, 15) is 18.0 Å². The predicted octanol–water partition coefficient (Wildman–Crippen LogP) is 2.92. The van der Waals surface area contributed by atoms with E-state index in [1.54, 1.807) is 0 Å². The van der Waals surface area contributed by atoms with E-state index in [1.165, 1.54) is 30.2 Å². The number of methoxy groups -OCH3 is 1. The number of carboxylic acid groups (broad SMARTS) is 1. The van der Waals surface area contributed by atoms with Gasteiger partial charge in [-0.25, -0.2) is 4.79 Å². The molecule has 0 unspecified atom stereocenters. The fraction of sp³-hybridized carbons (Fsp3) is 0.500. The first-order valence-corrected chi connectivity index (χ1v) is 6.51. The van der Waals surface area contributed by atoms with Crippen LogP contribution in [0.1, 0.15) is 28.8 Å². The Bertz CT molecular complexity index is 527. The third-order valence-electron chi connectivity index (χ3n) is 3.33. The molecule has 21 heavy (non-hydrogen) atoms. The molecule has 1 saturated carbocycles. The van der Waals surface area contributed by atoms with E-state index < -0.39 is 18.7 Å². The Labute approximate surface area is 120 Å². The van der Waals surface area contributed by atoms with E-state index in [-0.39, 0.29) is 23.9 Å². The maximum absolute atomic E-state index is 12.6. The summed E-state index contributed by atoms with van der Waals surface area (Å²) in [6.07, 6.45) is -2.71. The summed E-state index contributed by atoms with van der Waals surface area (Å²) < 4.78 is 42.7. The van der Waals surface area contributed by atoms with Crippen molar-refractivity contribution in [2.75, 3.05) is 13.7 Å². The smallest absolute Gasteiger partial charge is 0.401 e. The second-order valence-corrected chi connectivity index (χ2v) is 5.09. The van der Waals surface area contributed by atoms with Gasteiger partial charge in [-0.3, -0.25) is 4.90 Å². The van der Waals surface area contributed by atoms with Crippen LogP contribution >= 0.6 is 0 Å². The van der Waals surface area contributed by atoms with Gasteiger partial charge in [-0.05, 0) is 30.5 Å². The number of alkyl halides is 3. The van der Waals surface area contributed by atoms with Gasteiger partial charge in [-0.2, -0.15) is 13.2 Å². The van der Waals surface area contributed by atoms with Crippen molar-refractivity contribution in [3.8, 4) is 5.75 Å². The largest absolute Gasteiger partial charge is 0.496 e. The van der Waals surface area contributed by atoms with E-state index in [1.807, 2.05) is 0 Å². The van der Waals surface area contributed by atoms with Crippen molar-refractivity contribution in [3.63, 3.8) is 0 Å². The molecule has 0 spiro atoms. The van der Waals surface area contributed by atoms with Crippen molar-refractivity contribution in [1.82, 2.24) is 4.90 Å². The summed E-state index contributed by atoms with van der Waals surface area (Å²) in [6.45, 7) is -0.832. The second kappa shape index (κ2) is 5.93. The van der Waals surface area contributed by atoms with Gasteiger partial charge in [0.15, 0.2) is 0 Å². The molecule has 116 valence electrons. The summed E-state index contributed by atoms with van der Waals surface area (Å²) in [7, 11) is 1.33. The second-order valence-electron chi connectivity index (χ2n) is 5.09. The molecule has 1 aromatic rings. The highest BCUT2D eigenvalue weighted by Gasteiger charge is 2.37. The zero-order chi connectivity index (χ0) is 15.6. The first-order chi connectivity index (χ1) is 9.80. The van der Waals surface area contributed by atoms with Gasteiger partial charge in [0.1, 0.15) is 11.3 Å². The molecule has 0 saturated heterocycles. The number of benzene rings is 1. The fourth-order valence-corrected chi connectivity index (χ4v) is 2.23. The Morgan fingerprint density at radius 3 is 2.57 bits per heavy atom. The first kappa shape index (κ1) is 15.6. The standard InChI is InChI=1S/C14H16F3NO3/c1-21-12-6-9(2-5-11(12)13(19)20)7-18(10-3-4-10)8-14(15,16)17/h2,5-6,10H,3-4,7-8H2,1H3,(H,19,20). The third-order valence-corrected chi connectivity index (χ3v) is 3.33. The van der Waals surface area contributed by atoms with Gasteiger partial charge >= 0.3 is 12.1 Å². The van der Waals surface area contributed by atoms with Crippen molar-refractivity contribution >= 4 is 5.97 Å². The number of nitrogens with zero attached hydrogens (tertiary/aromatic N) is 1. The van der Waals surface area contributed by atoms with Gasteiger partial charge in [-0.1, -0.05) is 6.07 Å². The van der Waals surface area contributed by atoms with Crippen LogP contribution in [0.25, 0.3) is 0 Å². The minimum absolute atomic E-state index is 0.00459. The number of hydrogen-bond acceptors (Lipinski definition) is 3. The van der Waals surface area contributed by atoms with Gasteiger partial charge in [0.2, 0.25) is 0 Å². The quantitative estimate of drug-likeness (QED) is 0.878. The number of carbonyl (C=O) groups is 1. The monoisotopic (exact) mass is 303 g/mol. The van der Waals surface area contributed by atoms with Crippen LogP contribution in [-0.2, 0) is 6.54 Å². The molecule has 0 amide bonds. The van der Waals surface area contributed by atoms with Crippen LogP contribution in [0.15, 0.2) is 18.2 Å². The fourth-order valence-electron chi connectivity index (χ4n) is 2.23. The highest BCUT2D eigenvalue weighted by molar-refractivity contribution is 5.90. The van der Waals surface area contributed by atoms with Gasteiger partial charge in [0, 0.05) is 12.6 Å². The van der Waals surface area contributed by atoms with E-state index >= 15 is 0 Å². The zero-order valence-electron chi connectivity index (χ0n) is 11.5. The number of aromatic carboxylic acids is 1. The molecule has 0 heterocycles. The van der Waals surface area contributed by atoms with Gasteiger partial charge in [0.25, 0.3) is 0 Å². The molecule has 4 nitrogen and oxygen atoms in total. The topological polar surface area (TPSA) is 49.8 Å². The lowest BCUT2D eigenvalue weighted by atomic mass is 10.1. The highest BCUT2D eigenvalue weighted by atomic mass is 19.4. The van der Waals surface area contributed by atoms with Crippen molar-refractivity contribution in [2.45, 2.75) is 31.6 Å². The molecule has 0 radical (unpaired) electrons. The molecule has 1 aliphatic carbocycles. The Morgan fingerprint density at radius 2 is 2.10 bits per heavy atom. The number of halogens is 3. The molecule has 0 aliphatic heterocycles. The van der Waals surface area contributed by atoms with Gasteiger partial charge < -0.3 is 9.84 Å². The van der Waals surface area contributed by atoms with Gasteiger partial charge in [0.05, 0.1) is 13.7 Å². The lowest BCUT2D eigenvalue weighted by Gasteiger charge is -2.23. The minimum Gasteiger partial charge on any atom is -0.496 e. The van der Waals surface area contributed by atoms with Crippen molar-refractivity contribution in [1.29, 1.82) is 0 Å². The molecular weight excluding hydrogens is 287 g/mol.